The summed E-state index contributed by atoms with van der Waals surface area (Å²) in [6.07, 6.45) is 2.16. The van der Waals surface area contributed by atoms with Gasteiger partial charge in [-0.3, -0.25) is 4.90 Å². The molecule has 180 valence electrons. The van der Waals surface area contributed by atoms with E-state index >= 15 is 0 Å². The zero-order valence-electron chi connectivity index (χ0n) is 20.9. The van der Waals surface area contributed by atoms with Gasteiger partial charge in [0.15, 0.2) is 0 Å². The van der Waals surface area contributed by atoms with Crippen molar-refractivity contribution in [3.8, 4) is 0 Å². The molecule has 3 rings (SSSR count). The molecule has 0 aromatic heterocycles. The van der Waals surface area contributed by atoms with Gasteiger partial charge in [0.1, 0.15) is 0 Å². The molecule has 0 atom stereocenters. The van der Waals surface area contributed by atoms with Crippen molar-refractivity contribution in [3.63, 3.8) is 0 Å². The van der Waals surface area contributed by atoms with Crippen molar-refractivity contribution in [2.45, 2.75) is 59.8 Å². The largest absolute Gasteiger partial charge is 0.398 e. The molecule has 3 aromatic rings. The lowest BCUT2D eigenvalue weighted by molar-refractivity contribution is 0.257. The summed E-state index contributed by atoms with van der Waals surface area (Å²) in [6, 6.07) is 18.3. The summed E-state index contributed by atoms with van der Waals surface area (Å²) in [5, 5.41) is 3.75. The fraction of sp³-hybridized carbons (Fsp3) is 0.345. The van der Waals surface area contributed by atoms with Crippen LogP contribution < -0.4 is 16.0 Å². The standard InChI is InChI=1S/C29H36ClN3O/c1-6-24-26(30)18-27(31)25(7-2)28(24)32-29(34)33(17-16-21-10-8-20(5)9-11-21)23-14-12-22(13-15-23)19(3)4/h8-15,18-19H,6-7,16-17,31H2,1-5H3,(H,32,34). The van der Waals surface area contributed by atoms with Crippen molar-refractivity contribution in [3.05, 3.63) is 87.4 Å². The van der Waals surface area contributed by atoms with Gasteiger partial charge >= 0.3 is 6.03 Å². The van der Waals surface area contributed by atoms with Crippen LogP contribution in [0.2, 0.25) is 5.02 Å². The summed E-state index contributed by atoms with van der Waals surface area (Å²) in [5.74, 6) is 0.428. The number of aryl methyl sites for hydroxylation is 1. The molecule has 0 aliphatic heterocycles. The molecule has 4 nitrogen and oxygen atoms in total. The van der Waals surface area contributed by atoms with Gasteiger partial charge in [0, 0.05) is 22.9 Å². The molecular weight excluding hydrogens is 442 g/mol. The predicted octanol–water partition coefficient (Wildman–Crippen LogP) is 7.76. The first-order valence-electron chi connectivity index (χ1n) is 12.1. The highest BCUT2D eigenvalue weighted by atomic mass is 35.5. The molecule has 3 N–H and O–H groups in total. The van der Waals surface area contributed by atoms with Crippen molar-refractivity contribution in [2.75, 3.05) is 22.5 Å². The minimum Gasteiger partial charge on any atom is -0.398 e. The van der Waals surface area contributed by atoms with Gasteiger partial charge in [-0.05, 0) is 72.6 Å². The third-order valence-electron chi connectivity index (χ3n) is 6.32. The van der Waals surface area contributed by atoms with Crippen LogP contribution in [0.1, 0.15) is 61.4 Å². The van der Waals surface area contributed by atoms with E-state index in [2.05, 4.69) is 62.5 Å². The van der Waals surface area contributed by atoms with Gasteiger partial charge in [-0.1, -0.05) is 81.3 Å². The van der Waals surface area contributed by atoms with Gasteiger partial charge in [0.2, 0.25) is 0 Å². The van der Waals surface area contributed by atoms with Gasteiger partial charge in [-0.15, -0.1) is 0 Å². The van der Waals surface area contributed by atoms with Crippen molar-refractivity contribution >= 4 is 34.7 Å². The number of nitrogens with one attached hydrogen (secondary N) is 1. The second-order valence-corrected chi connectivity index (χ2v) is 9.46. The Bertz CT molecular complexity index is 1090. The number of amides is 2. The fourth-order valence-corrected chi connectivity index (χ4v) is 4.54. The summed E-state index contributed by atoms with van der Waals surface area (Å²) in [4.78, 5) is 15.5. The third kappa shape index (κ3) is 5.92. The maximum absolute atomic E-state index is 13.7. The van der Waals surface area contributed by atoms with Crippen LogP contribution in [0, 0.1) is 6.92 Å². The number of hydrogen-bond donors (Lipinski definition) is 2. The zero-order chi connectivity index (χ0) is 24.8. The summed E-state index contributed by atoms with van der Waals surface area (Å²) in [7, 11) is 0. The van der Waals surface area contributed by atoms with E-state index in [0.717, 1.165) is 28.9 Å². The van der Waals surface area contributed by atoms with Gasteiger partial charge in [0.25, 0.3) is 0 Å². The monoisotopic (exact) mass is 477 g/mol. The van der Waals surface area contributed by atoms with E-state index in [9.17, 15) is 4.79 Å². The van der Waals surface area contributed by atoms with Gasteiger partial charge < -0.3 is 11.1 Å². The Morgan fingerprint density at radius 2 is 1.62 bits per heavy atom. The summed E-state index contributed by atoms with van der Waals surface area (Å²) in [6.45, 7) is 11.0. The number of nitrogen functional groups attached to an aromatic ring is 1. The van der Waals surface area contributed by atoms with Crippen LogP contribution in [0.4, 0.5) is 21.9 Å². The Morgan fingerprint density at radius 1 is 1.00 bits per heavy atom. The Labute approximate surface area is 209 Å². The van der Waals surface area contributed by atoms with Gasteiger partial charge in [-0.2, -0.15) is 0 Å². The molecule has 0 saturated carbocycles. The number of carbonyl (C=O) groups is 1. The molecule has 0 saturated heterocycles. The van der Waals surface area contributed by atoms with Crippen LogP contribution in [0.25, 0.3) is 0 Å². The summed E-state index contributed by atoms with van der Waals surface area (Å²) >= 11 is 6.50. The number of rotatable bonds is 8. The van der Waals surface area contributed by atoms with Crippen molar-refractivity contribution in [1.82, 2.24) is 0 Å². The first kappa shape index (κ1) is 25.6. The average Bonchev–Trinajstić information content (AvgIpc) is 2.81. The highest BCUT2D eigenvalue weighted by Gasteiger charge is 2.21. The Balaban J connectivity index is 1.95. The smallest absolute Gasteiger partial charge is 0.326 e. The van der Waals surface area contributed by atoms with E-state index in [1.54, 1.807) is 11.0 Å². The third-order valence-corrected chi connectivity index (χ3v) is 6.66. The molecular formula is C29H36ClN3O. The second-order valence-electron chi connectivity index (χ2n) is 9.05. The number of carbonyl (C=O) groups excluding carboxylic acids is 1. The van der Waals surface area contributed by atoms with E-state index in [1.165, 1.54) is 16.7 Å². The quantitative estimate of drug-likeness (QED) is 0.325. The summed E-state index contributed by atoms with van der Waals surface area (Å²) in [5.41, 5.74) is 14.0. The van der Waals surface area contributed by atoms with E-state index in [4.69, 9.17) is 17.3 Å². The molecule has 0 unspecified atom stereocenters. The SMILES string of the molecule is CCc1c(N)cc(Cl)c(CC)c1NC(=O)N(CCc1ccc(C)cc1)c1ccc(C(C)C)cc1. The number of anilines is 3. The predicted molar refractivity (Wildman–Crippen MR) is 146 cm³/mol. The zero-order valence-corrected chi connectivity index (χ0v) is 21.7. The van der Waals surface area contributed by atoms with Crippen LogP contribution >= 0.6 is 11.6 Å². The minimum atomic E-state index is -0.185. The highest BCUT2D eigenvalue weighted by Crippen LogP contribution is 2.34. The molecule has 0 aliphatic rings. The van der Waals surface area contributed by atoms with E-state index in [1.807, 2.05) is 26.0 Å². The van der Waals surface area contributed by atoms with Crippen LogP contribution in [0.15, 0.2) is 54.6 Å². The van der Waals surface area contributed by atoms with Gasteiger partial charge in [0.05, 0.1) is 5.69 Å². The molecule has 0 aliphatic carbocycles. The average molecular weight is 478 g/mol. The lowest BCUT2D eigenvalue weighted by Gasteiger charge is -2.26. The normalized spacial score (nSPS) is 11.0. The minimum absolute atomic E-state index is 0.185. The summed E-state index contributed by atoms with van der Waals surface area (Å²) < 4.78 is 0. The molecule has 5 heteroatoms. The van der Waals surface area contributed by atoms with Crippen molar-refractivity contribution in [2.24, 2.45) is 0 Å². The van der Waals surface area contributed by atoms with Crippen molar-refractivity contribution < 1.29 is 4.79 Å². The number of halogens is 1. The molecule has 0 fully saturated rings. The first-order valence-corrected chi connectivity index (χ1v) is 12.5. The molecule has 0 radical (unpaired) electrons. The fourth-order valence-electron chi connectivity index (χ4n) is 4.19. The molecule has 3 aromatic carbocycles. The topological polar surface area (TPSA) is 58.4 Å². The Morgan fingerprint density at radius 3 is 2.18 bits per heavy atom. The molecule has 34 heavy (non-hydrogen) atoms. The second kappa shape index (κ2) is 11.4. The lowest BCUT2D eigenvalue weighted by Crippen LogP contribution is -2.37. The number of nitrogens with zero attached hydrogens (tertiary/aromatic N) is 1. The van der Waals surface area contributed by atoms with Crippen LogP contribution in [-0.4, -0.2) is 12.6 Å². The van der Waals surface area contributed by atoms with E-state index in [0.29, 0.717) is 36.0 Å². The maximum Gasteiger partial charge on any atom is 0.326 e. The van der Waals surface area contributed by atoms with Crippen molar-refractivity contribution in [1.29, 1.82) is 0 Å². The molecule has 2 amide bonds. The van der Waals surface area contributed by atoms with Crippen LogP contribution in [-0.2, 0) is 19.3 Å². The number of benzene rings is 3. The molecule has 0 heterocycles. The molecule has 0 bridgehead atoms. The van der Waals surface area contributed by atoms with Crippen LogP contribution in [0.3, 0.4) is 0 Å². The van der Waals surface area contributed by atoms with Gasteiger partial charge in [-0.25, -0.2) is 4.79 Å². The number of hydrogen-bond acceptors (Lipinski definition) is 2. The van der Waals surface area contributed by atoms with E-state index in [-0.39, 0.29) is 6.03 Å². The molecule has 0 spiro atoms. The Hall–Kier alpha value is -2.98. The van der Waals surface area contributed by atoms with Crippen LogP contribution in [0.5, 0.6) is 0 Å². The Kier molecular flexibility index (Phi) is 8.62. The highest BCUT2D eigenvalue weighted by molar-refractivity contribution is 6.32. The van der Waals surface area contributed by atoms with E-state index < -0.39 is 0 Å². The maximum atomic E-state index is 13.7. The lowest BCUT2D eigenvalue weighted by atomic mass is 10.0. The first-order chi connectivity index (χ1) is 16.2. The number of nitrogens with two attached hydrogens (primary N) is 1. The number of urea groups is 1.